The molecule has 1 saturated heterocycles. The lowest BCUT2D eigenvalue weighted by molar-refractivity contribution is -0.125. The van der Waals surface area contributed by atoms with Crippen LogP contribution in [0.25, 0.3) is 0 Å². The minimum Gasteiger partial charge on any atom is -0.326 e. The quantitative estimate of drug-likeness (QED) is 0.882. The molecule has 0 bridgehead atoms. The van der Waals surface area contributed by atoms with Crippen LogP contribution in [0.3, 0.4) is 0 Å². The van der Waals surface area contributed by atoms with Gasteiger partial charge in [-0.2, -0.15) is 0 Å². The van der Waals surface area contributed by atoms with Crippen molar-refractivity contribution in [2.24, 2.45) is 5.41 Å². The van der Waals surface area contributed by atoms with Gasteiger partial charge < -0.3 is 10.6 Å². The van der Waals surface area contributed by atoms with Gasteiger partial charge in [-0.1, -0.05) is 18.2 Å². The summed E-state index contributed by atoms with van der Waals surface area (Å²) in [5.74, 6) is 0.0786. The summed E-state index contributed by atoms with van der Waals surface area (Å²) in [4.78, 5) is 14.8. The van der Waals surface area contributed by atoms with Crippen molar-refractivity contribution in [3.63, 3.8) is 0 Å². The smallest absolute Gasteiger partial charge is 0.231 e. The molecule has 0 spiro atoms. The van der Waals surface area contributed by atoms with Gasteiger partial charge in [0.25, 0.3) is 0 Å². The molecular formula is C16H25N3O. The predicted molar refractivity (Wildman–Crippen MR) is 82.8 cm³/mol. The molecule has 110 valence electrons. The zero-order valence-electron chi connectivity index (χ0n) is 12.6. The van der Waals surface area contributed by atoms with Crippen molar-refractivity contribution in [3.8, 4) is 0 Å². The number of nitrogens with one attached hydrogen (secondary N) is 2. The lowest BCUT2D eigenvalue weighted by Crippen LogP contribution is -2.53. The van der Waals surface area contributed by atoms with Crippen LogP contribution in [0.1, 0.15) is 20.8 Å². The Bertz CT molecular complexity index is 444. The zero-order valence-corrected chi connectivity index (χ0v) is 12.6. The van der Waals surface area contributed by atoms with E-state index in [4.69, 9.17) is 0 Å². The number of anilines is 1. The number of benzene rings is 1. The normalized spacial score (nSPS) is 20.6. The number of para-hydroxylation sites is 1. The highest BCUT2D eigenvalue weighted by Crippen LogP contribution is 2.21. The zero-order chi connectivity index (χ0) is 14.6. The van der Waals surface area contributed by atoms with Gasteiger partial charge in [0.2, 0.25) is 5.91 Å². The lowest BCUT2D eigenvalue weighted by atomic mass is 9.91. The maximum atomic E-state index is 12.4. The van der Waals surface area contributed by atoms with E-state index in [9.17, 15) is 4.79 Å². The van der Waals surface area contributed by atoms with Crippen LogP contribution in [0.4, 0.5) is 5.69 Å². The summed E-state index contributed by atoms with van der Waals surface area (Å²) in [7, 11) is 0. The van der Waals surface area contributed by atoms with Crippen LogP contribution in [0.15, 0.2) is 30.3 Å². The van der Waals surface area contributed by atoms with Crippen molar-refractivity contribution >= 4 is 11.6 Å². The summed E-state index contributed by atoms with van der Waals surface area (Å²) < 4.78 is 0. The van der Waals surface area contributed by atoms with Gasteiger partial charge in [-0.3, -0.25) is 9.69 Å². The summed E-state index contributed by atoms with van der Waals surface area (Å²) in [6.07, 6.45) is 0. The van der Waals surface area contributed by atoms with Crippen LogP contribution in [-0.2, 0) is 4.79 Å². The number of nitrogens with zero attached hydrogens (tertiary/aromatic N) is 1. The Hall–Kier alpha value is -1.39. The number of carbonyl (C=O) groups excluding carboxylic acids is 1. The molecule has 1 unspecified atom stereocenters. The molecule has 1 fully saturated rings. The SMILES string of the molecule is CC1CN(CC(C)(C)C(=O)Nc2ccccc2)CCN1. The highest BCUT2D eigenvalue weighted by Gasteiger charge is 2.31. The number of carbonyl (C=O) groups is 1. The maximum absolute atomic E-state index is 12.4. The third-order valence-electron chi connectivity index (χ3n) is 3.72. The Labute approximate surface area is 121 Å². The average Bonchev–Trinajstić information content (AvgIpc) is 2.39. The molecule has 1 atom stereocenters. The Morgan fingerprint density at radius 2 is 2.10 bits per heavy atom. The van der Waals surface area contributed by atoms with E-state index in [2.05, 4.69) is 22.5 Å². The fraction of sp³-hybridized carbons (Fsp3) is 0.562. The highest BCUT2D eigenvalue weighted by atomic mass is 16.2. The van der Waals surface area contributed by atoms with Crippen LogP contribution < -0.4 is 10.6 Å². The Kier molecular flexibility index (Phi) is 4.78. The van der Waals surface area contributed by atoms with Crippen molar-refractivity contribution in [1.29, 1.82) is 0 Å². The van der Waals surface area contributed by atoms with Crippen molar-refractivity contribution in [2.75, 3.05) is 31.5 Å². The van der Waals surface area contributed by atoms with E-state index in [0.717, 1.165) is 31.9 Å². The van der Waals surface area contributed by atoms with E-state index in [1.165, 1.54) is 0 Å². The molecule has 1 aromatic rings. The predicted octanol–water partition coefficient (Wildman–Crippen LogP) is 1.95. The van der Waals surface area contributed by atoms with Gasteiger partial charge in [-0.25, -0.2) is 0 Å². The van der Waals surface area contributed by atoms with Gasteiger partial charge >= 0.3 is 0 Å². The first kappa shape index (κ1) is 15.0. The van der Waals surface area contributed by atoms with Crippen LogP contribution in [0.5, 0.6) is 0 Å². The van der Waals surface area contributed by atoms with Gasteiger partial charge in [0.05, 0.1) is 5.41 Å². The van der Waals surface area contributed by atoms with E-state index >= 15 is 0 Å². The largest absolute Gasteiger partial charge is 0.326 e. The second kappa shape index (κ2) is 6.37. The summed E-state index contributed by atoms with van der Waals surface area (Å²) in [6, 6.07) is 10.1. The molecule has 1 aromatic carbocycles. The van der Waals surface area contributed by atoms with Gasteiger partial charge in [-0.05, 0) is 32.9 Å². The molecule has 20 heavy (non-hydrogen) atoms. The second-order valence-corrected chi connectivity index (χ2v) is 6.29. The van der Waals surface area contributed by atoms with Crippen molar-refractivity contribution < 1.29 is 4.79 Å². The molecule has 2 rings (SSSR count). The van der Waals surface area contributed by atoms with Gasteiger partial charge in [-0.15, -0.1) is 0 Å². The molecule has 4 nitrogen and oxygen atoms in total. The first-order chi connectivity index (χ1) is 9.47. The lowest BCUT2D eigenvalue weighted by Gasteiger charge is -2.36. The van der Waals surface area contributed by atoms with Gasteiger partial charge in [0.1, 0.15) is 0 Å². The third-order valence-corrected chi connectivity index (χ3v) is 3.72. The van der Waals surface area contributed by atoms with Crippen molar-refractivity contribution in [3.05, 3.63) is 30.3 Å². The van der Waals surface area contributed by atoms with Crippen LogP contribution in [0, 0.1) is 5.41 Å². The van der Waals surface area contributed by atoms with Gasteiger partial charge in [0.15, 0.2) is 0 Å². The molecular weight excluding hydrogens is 250 g/mol. The number of hydrogen-bond donors (Lipinski definition) is 2. The van der Waals surface area contributed by atoms with E-state index in [1.54, 1.807) is 0 Å². The van der Waals surface area contributed by atoms with Crippen molar-refractivity contribution in [1.82, 2.24) is 10.2 Å². The third kappa shape index (κ3) is 4.05. The first-order valence-electron chi connectivity index (χ1n) is 7.29. The fourth-order valence-electron chi connectivity index (χ4n) is 2.61. The molecule has 0 aliphatic carbocycles. The number of piperazine rings is 1. The number of rotatable bonds is 4. The molecule has 4 heteroatoms. The summed E-state index contributed by atoms with van der Waals surface area (Å²) in [6.45, 7) is 10.0. The second-order valence-electron chi connectivity index (χ2n) is 6.29. The number of hydrogen-bond acceptors (Lipinski definition) is 3. The highest BCUT2D eigenvalue weighted by molar-refractivity contribution is 5.94. The molecule has 0 aromatic heterocycles. The monoisotopic (exact) mass is 275 g/mol. The average molecular weight is 275 g/mol. The Balaban J connectivity index is 1.93. The Morgan fingerprint density at radius 1 is 1.40 bits per heavy atom. The van der Waals surface area contributed by atoms with Crippen LogP contribution in [-0.4, -0.2) is 43.0 Å². The van der Waals surface area contributed by atoms with E-state index in [1.807, 2.05) is 44.2 Å². The van der Waals surface area contributed by atoms with E-state index < -0.39 is 5.41 Å². The molecule has 0 saturated carbocycles. The number of amides is 1. The van der Waals surface area contributed by atoms with Crippen molar-refractivity contribution in [2.45, 2.75) is 26.8 Å². The molecule has 1 aliphatic rings. The van der Waals surface area contributed by atoms with E-state index in [-0.39, 0.29) is 5.91 Å². The summed E-state index contributed by atoms with van der Waals surface area (Å²) in [5.41, 5.74) is 0.464. The first-order valence-corrected chi connectivity index (χ1v) is 7.29. The minimum absolute atomic E-state index is 0.0786. The minimum atomic E-state index is -0.396. The molecule has 2 N–H and O–H groups in total. The molecule has 0 radical (unpaired) electrons. The fourth-order valence-corrected chi connectivity index (χ4v) is 2.61. The van der Waals surface area contributed by atoms with Gasteiger partial charge in [0, 0.05) is 37.9 Å². The molecule has 1 heterocycles. The Morgan fingerprint density at radius 3 is 2.75 bits per heavy atom. The maximum Gasteiger partial charge on any atom is 0.231 e. The van der Waals surface area contributed by atoms with Crippen LogP contribution in [0.2, 0.25) is 0 Å². The van der Waals surface area contributed by atoms with E-state index in [0.29, 0.717) is 6.04 Å². The topological polar surface area (TPSA) is 44.4 Å². The molecule has 1 aliphatic heterocycles. The summed E-state index contributed by atoms with van der Waals surface area (Å²) >= 11 is 0. The molecule has 1 amide bonds. The summed E-state index contributed by atoms with van der Waals surface area (Å²) in [5, 5.41) is 6.43. The van der Waals surface area contributed by atoms with Crippen LogP contribution >= 0.6 is 0 Å². The standard InChI is InChI=1S/C16H25N3O/c1-13-11-19(10-9-17-13)12-16(2,3)15(20)18-14-7-5-4-6-8-14/h4-8,13,17H,9-12H2,1-3H3,(H,18,20).